The lowest BCUT2D eigenvalue weighted by Gasteiger charge is -2.21. The normalized spacial score (nSPS) is 12.7. The van der Waals surface area contributed by atoms with Crippen LogP contribution in [-0.4, -0.2) is 9.97 Å². The first kappa shape index (κ1) is 32.7. The Morgan fingerprint density at radius 1 is 0.309 bits per heavy atom. The maximum atomic E-state index is 5.25. The highest BCUT2D eigenvalue weighted by molar-refractivity contribution is 6.05. The molecule has 55 heavy (non-hydrogen) atoms. The Balaban J connectivity index is 1.10. The first-order valence-electron chi connectivity index (χ1n) is 19.0. The number of hydrogen-bond donors (Lipinski definition) is 0. The van der Waals surface area contributed by atoms with Crippen LogP contribution in [0.15, 0.2) is 194 Å². The van der Waals surface area contributed by atoms with Gasteiger partial charge in [0.1, 0.15) is 0 Å². The molecular weight excluding hydrogens is 665 g/mol. The van der Waals surface area contributed by atoms with Crippen LogP contribution in [0.2, 0.25) is 0 Å². The number of fused-ring (bicyclic) bond motifs is 4. The minimum atomic E-state index is -0.00938. The molecule has 2 heteroatoms. The summed E-state index contributed by atoms with van der Waals surface area (Å²) in [4.78, 5) is 10.5. The molecule has 0 N–H and O–H groups in total. The van der Waals surface area contributed by atoms with Gasteiger partial charge in [-0.3, -0.25) is 0 Å². The van der Waals surface area contributed by atoms with Crippen LogP contribution in [0.3, 0.4) is 0 Å². The van der Waals surface area contributed by atoms with Crippen LogP contribution in [-0.2, 0) is 5.41 Å². The van der Waals surface area contributed by atoms with Gasteiger partial charge in [0.25, 0.3) is 0 Å². The molecule has 0 bridgehead atoms. The van der Waals surface area contributed by atoms with Crippen LogP contribution < -0.4 is 0 Å². The molecule has 0 saturated heterocycles. The molecule has 10 rings (SSSR count). The smallest absolute Gasteiger partial charge is 0.160 e. The van der Waals surface area contributed by atoms with E-state index in [1.807, 2.05) is 18.2 Å². The number of benzene rings is 8. The van der Waals surface area contributed by atoms with E-state index in [1.165, 1.54) is 49.9 Å². The van der Waals surface area contributed by atoms with Gasteiger partial charge in [0, 0.05) is 22.1 Å². The number of rotatable bonds is 6. The lowest BCUT2D eigenvalue weighted by molar-refractivity contribution is 0.660. The minimum Gasteiger partial charge on any atom is -0.228 e. The molecule has 1 aliphatic carbocycles. The van der Waals surface area contributed by atoms with Crippen molar-refractivity contribution in [2.75, 3.05) is 0 Å². The van der Waals surface area contributed by atoms with E-state index in [1.54, 1.807) is 0 Å². The number of nitrogens with zero attached hydrogens (tertiary/aromatic N) is 2. The fourth-order valence-electron chi connectivity index (χ4n) is 8.56. The number of hydrogen-bond acceptors (Lipinski definition) is 2. The topological polar surface area (TPSA) is 25.8 Å². The Morgan fingerprint density at radius 3 is 1.60 bits per heavy atom. The molecule has 0 unspecified atom stereocenters. The lowest BCUT2D eigenvalue weighted by atomic mass is 9.82. The summed E-state index contributed by atoms with van der Waals surface area (Å²) in [5.74, 6) is 0.706. The maximum absolute atomic E-state index is 5.25. The summed E-state index contributed by atoms with van der Waals surface area (Å²) in [6.45, 7) is 4.67. The zero-order chi connectivity index (χ0) is 36.9. The lowest BCUT2D eigenvalue weighted by Crippen LogP contribution is -2.14. The first-order valence-corrected chi connectivity index (χ1v) is 19.0. The Bertz CT molecular complexity index is 2890. The average molecular weight is 703 g/mol. The zero-order valence-corrected chi connectivity index (χ0v) is 30.9. The SMILES string of the molecule is CC1(C)c2ccccc2-c2cc(-c3cccc(-c4ccc(-c5cc(-c6ccccc6-c6ccccc6)nc(-c6ccccc6)n5)c5ccccc45)c3)ccc21. The molecule has 2 nitrogen and oxygen atoms in total. The van der Waals surface area contributed by atoms with Crippen LogP contribution in [0.1, 0.15) is 25.0 Å². The second-order valence-electron chi connectivity index (χ2n) is 15.0. The van der Waals surface area contributed by atoms with E-state index in [0.29, 0.717) is 5.82 Å². The quantitative estimate of drug-likeness (QED) is 0.172. The molecule has 0 radical (unpaired) electrons. The van der Waals surface area contributed by atoms with Gasteiger partial charge in [-0.25, -0.2) is 9.97 Å². The second-order valence-corrected chi connectivity index (χ2v) is 15.0. The minimum absolute atomic E-state index is 0.00938. The second kappa shape index (κ2) is 13.2. The van der Waals surface area contributed by atoms with Crippen LogP contribution in [0.25, 0.3) is 89.2 Å². The third kappa shape index (κ3) is 5.66. The number of aromatic nitrogens is 2. The van der Waals surface area contributed by atoms with Crippen molar-refractivity contribution in [1.82, 2.24) is 9.97 Å². The van der Waals surface area contributed by atoms with Gasteiger partial charge in [-0.15, -0.1) is 0 Å². The fraction of sp³-hybridized carbons (Fsp3) is 0.0566. The molecule has 0 saturated carbocycles. The highest BCUT2D eigenvalue weighted by Gasteiger charge is 2.35. The van der Waals surface area contributed by atoms with Gasteiger partial charge in [0.15, 0.2) is 5.82 Å². The van der Waals surface area contributed by atoms with Crippen molar-refractivity contribution in [2.24, 2.45) is 0 Å². The van der Waals surface area contributed by atoms with Crippen molar-refractivity contribution in [3.63, 3.8) is 0 Å². The van der Waals surface area contributed by atoms with Gasteiger partial charge in [-0.1, -0.05) is 190 Å². The predicted molar refractivity (Wildman–Crippen MR) is 230 cm³/mol. The van der Waals surface area contributed by atoms with Gasteiger partial charge >= 0.3 is 0 Å². The van der Waals surface area contributed by atoms with E-state index in [-0.39, 0.29) is 5.41 Å². The predicted octanol–water partition coefficient (Wildman–Crippen LogP) is 13.9. The summed E-state index contributed by atoms with van der Waals surface area (Å²) in [5, 5.41) is 2.34. The summed E-state index contributed by atoms with van der Waals surface area (Å²) < 4.78 is 0. The van der Waals surface area contributed by atoms with Crippen molar-refractivity contribution in [3.8, 4) is 78.4 Å². The van der Waals surface area contributed by atoms with E-state index in [2.05, 4.69) is 190 Å². The van der Waals surface area contributed by atoms with E-state index >= 15 is 0 Å². The van der Waals surface area contributed by atoms with Gasteiger partial charge in [0.05, 0.1) is 11.4 Å². The molecule has 0 fully saturated rings. The van der Waals surface area contributed by atoms with Gasteiger partial charge < -0.3 is 0 Å². The summed E-state index contributed by atoms with van der Waals surface area (Å²) in [6.07, 6.45) is 0. The molecule has 1 aromatic heterocycles. The monoisotopic (exact) mass is 702 g/mol. The van der Waals surface area contributed by atoms with Crippen LogP contribution in [0.4, 0.5) is 0 Å². The first-order chi connectivity index (χ1) is 27.0. The third-order valence-corrected chi connectivity index (χ3v) is 11.3. The Hall–Kier alpha value is -6.90. The highest BCUT2D eigenvalue weighted by Crippen LogP contribution is 2.49. The van der Waals surface area contributed by atoms with E-state index in [0.717, 1.165) is 44.6 Å². The van der Waals surface area contributed by atoms with Crippen molar-refractivity contribution >= 4 is 10.8 Å². The molecule has 0 amide bonds. The van der Waals surface area contributed by atoms with Crippen LogP contribution >= 0.6 is 0 Å². The molecule has 8 aromatic carbocycles. The summed E-state index contributed by atoms with van der Waals surface area (Å²) in [6, 6.07) is 69.6. The maximum Gasteiger partial charge on any atom is 0.160 e. The van der Waals surface area contributed by atoms with Gasteiger partial charge in [-0.2, -0.15) is 0 Å². The zero-order valence-electron chi connectivity index (χ0n) is 30.9. The van der Waals surface area contributed by atoms with E-state index < -0.39 is 0 Å². The molecule has 9 aromatic rings. The summed E-state index contributed by atoms with van der Waals surface area (Å²) in [5.41, 5.74) is 17.5. The van der Waals surface area contributed by atoms with Crippen molar-refractivity contribution < 1.29 is 0 Å². The third-order valence-electron chi connectivity index (χ3n) is 11.3. The highest BCUT2D eigenvalue weighted by atomic mass is 14.9. The van der Waals surface area contributed by atoms with Crippen molar-refractivity contribution in [1.29, 1.82) is 0 Å². The largest absolute Gasteiger partial charge is 0.228 e. The van der Waals surface area contributed by atoms with Crippen LogP contribution in [0, 0.1) is 0 Å². The molecule has 0 atom stereocenters. The van der Waals surface area contributed by atoms with Crippen LogP contribution in [0.5, 0.6) is 0 Å². The standard InChI is InChI=1S/C53H38N2/c1-53(2)48-27-14-13-25-44(48)47-33-38(28-31-49(47)53)37-20-15-21-39(32-37)41-29-30-46(43-24-11-10-23-42(41)43)51-34-50(54-52(55-51)36-18-7-4-8-19-36)45-26-12-9-22-40(45)35-16-5-3-6-17-35/h3-34H,1-2H3. The fourth-order valence-corrected chi connectivity index (χ4v) is 8.56. The van der Waals surface area contributed by atoms with E-state index in [4.69, 9.17) is 9.97 Å². The van der Waals surface area contributed by atoms with E-state index in [9.17, 15) is 0 Å². The van der Waals surface area contributed by atoms with Gasteiger partial charge in [-0.05, 0) is 84.6 Å². The molecule has 0 spiro atoms. The van der Waals surface area contributed by atoms with Crippen molar-refractivity contribution in [2.45, 2.75) is 19.3 Å². The molecule has 1 aliphatic rings. The summed E-state index contributed by atoms with van der Waals surface area (Å²) in [7, 11) is 0. The summed E-state index contributed by atoms with van der Waals surface area (Å²) >= 11 is 0. The van der Waals surface area contributed by atoms with Crippen molar-refractivity contribution in [3.05, 3.63) is 205 Å². The van der Waals surface area contributed by atoms with Gasteiger partial charge in [0.2, 0.25) is 0 Å². The molecule has 260 valence electrons. The molecule has 1 heterocycles. The average Bonchev–Trinajstić information content (AvgIpc) is 3.49. The molecule has 0 aliphatic heterocycles. The Labute approximate surface area is 322 Å². The Morgan fingerprint density at radius 2 is 0.836 bits per heavy atom. The Kier molecular flexibility index (Phi) is 7.85. The molecular formula is C53H38N2.